The predicted molar refractivity (Wildman–Crippen MR) is 63.4 cm³/mol. The Morgan fingerprint density at radius 3 is 3.00 bits per heavy atom. The van der Waals surface area contributed by atoms with Crippen molar-refractivity contribution in [3.05, 3.63) is 23.5 Å². The van der Waals surface area contributed by atoms with Crippen LogP contribution in [0, 0.1) is 11.8 Å². The summed E-state index contributed by atoms with van der Waals surface area (Å²) in [6.07, 6.45) is 3.65. The molecule has 0 fully saturated rings. The van der Waals surface area contributed by atoms with E-state index in [1.807, 2.05) is 13.0 Å². The van der Waals surface area contributed by atoms with Gasteiger partial charge in [0.1, 0.15) is 0 Å². The molecule has 1 heterocycles. The van der Waals surface area contributed by atoms with Crippen molar-refractivity contribution in [2.24, 2.45) is 11.8 Å². The molecule has 3 atom stereocenters. The predicted octanol–water partition coefficient (Wildman–Crippen LogP) is 0.991. The van der Waals surface area contributed by atoms with E-state index < -0.39 is 6.29 Å². The van der Waals surface area contributed by atoms with E-state index in [0.717, 1.165) is 5.57 Å². The Bertz CT molecular complexity index is 385. The maximum atomic E-state index is 11.7. The van der Waals surface area contributed by atoms with Crippen LogP contribution in [0.1, 0.15) is 13.3 Å². The first-order valence-electron chi connectivity index (χ1n) is 6.08. The molecule has 0 aromatic heterocycles. The summed E-state index contributed by atoms with van der Waals surface area (Å²) < 4.78 is 15.7. The van der Waals surface area contributed by atoms with E-state index in [2.05, 4.69) is 0 Å². The molecule has 0 aromatic carbocycles. The molecule has 0 aromatic rings. The number of methoxy groups -OCH3 is 1. The number of rotatable bonds is 4. The van der Waals surface area contributed by atoms with Crippen LogP contribution in [0.25, 0.3) is 0 Å². The second kappa shape index (κ2) is 5.54. The van der Waals surface area contributed by atoms with Crippen molar-refractivity contribution >= 4 is 5.97 Å². The molecular weight excluding hydrogens is 236 g/mol. The summed E-state index contributed by atoms with van der Waals surface area (Å²) in [5.74, 6) is -0.508. The van der Waals surface area contributed by atoms with E-state index in [-0.39, 0.29) is 24.4 Å². The molecule has 0 spiro atoms. The van der Waals surface area contributed by atoms with Gasteiger partial charge in [0.25, 0.3) is 0 Å². The molecule has 1 aliphatic carbocycles. The van der Waals surface area contributed by atoms with Gasteiger partial charge < -0.3 is 19.3 Å². The van der Waals surface area contributed by atoms with Crippen molar-refractivity contribution in [2.75, 3.05) is 20.3 Å². The molecule has 5 nitrogen and oxygen atoms in total. The van der Waals surface area contributed by atoms with Gasteiger partial charge in [-0.25, -0.2) is 4.79 Å². The Labute approximate surface area is 106 Å². The zero-order chi connectivity index (χ0) is 13.1. The third-order valence-corrected chi connectivity index (χ3v) is 3.45. The molecule has 2 aliphatic rings. The number of carbonyl (C=O) groups is 1. The van der Waals surface area contributed by atoms with Crippen LogP contribution in [0.5, 0.6) is 0 Å². The van der Waals surface area contributed by atoms with E-state index in [4.69, 9.17) is 14.2 Å². The van der Waals surface area contributed by atoms with Gasteiger partial charge in [-0.2, -0.15) is 0 Å². The van der Waals surface area contributed by atoms with E-state index >= 15 is 0 Å². The lowest BCUT2D eigenvalue weighted by Gasteiger charge is -2.34. The van der Waals surface area contributed by atoms with Crippen LogP contribution in [0.2, 0.25) is 0 Å². The lowest BCUT2D eigenvalue weighted by molar-refractivity contribution is -0.154. The van der Waals surface area contributed by atoms with Crippen molar-refractivity contribution < 1.29 is 24.1 Å². The van der Waals surface area contributed by atoms with Crippen LogP contribution >= 0.6 is 0 Å². The average Bonchev–Trinajstić information content (AvgIpc) is 2.82. The molecule has 0 amide bonds. The maximum Gasteiger partial charge on any atom is 0.337 e. The Morgan fingerprint density at radius 2 is 2.39 bits per heavy atom. The summed E-state index contributed by atoms with van der Waals surface area (Å²) in [7, 11) is 1.35. The number of aliphatic hydroxyl groups excluding tert-OH is 1. The largest absolute Gasteiger partial charge is 0.471 e. The highest BCUT2D eigenvalue weighted by atomic mass is 16.7. The number of esters is 1. The number of allylic oxidation sites excluding steroid dienone is 1. The molecule has 0 bridgehead atoms. The third-order valence-electron chi connectivity index (χ3n) is 3.45. The molecular formula is C13H18O5. The Hall–Kier alpha value is -1.33. The van der Waals surface area contributed by atoms with Gasteiger partial charge in [0.2, 0.25) is 6.29 Å². The number of carbonyl (C=O) groups excluding carboxylic acids is 1. The highest BCUT2D eigenvalue weighted by Crippen LogP contribution is 2.43. The fraction of sp³-hybridized carbons (Fsp3) is 0.615. The molecule has 1 aliphatic heterocycles. The summed E-state index contributed by atoms with van der Waals surface area (Å²) in [6.45, 7) is 2.37. The molecule has 0 saturated heterocycles. The lowest BCUT2D eigenvalue weighted by atomic mass is 9.83. The first kappa shape index (κ1) is 13.1. The second-order valence-electron chi connectivity index (χ2n) is 4.33. The SMILES string of the molecule is CCO[C@H]1OC=C(C(=O)OC)[C@H]2CC=C(CO)[C@@H]12. The molecule has 0 saturated carbocycles. The number of hydrogen-bond acceptors (Lipinski definition) is 5. The summed E-state index contributed by atoms with van der Waals surface area (Å²) >= 11 is 0. The van der Waals surface area contributed by atoms with E-state index in [1.54, 1.807) is 0 Å². The van der Waals surface area contributed by atoms with E-state index in [9.17, 15) is 9.90 Å². The zero-order valence-electron chi connectivity index (χ0n) is 10.6. The normalized spacial score (nSPS) is 30.1. The van der Waals surface area contributed by atoms with Gasteiger partial charge in [-0.1, -0.05) is 6.08 Å². The number of fused-ring (bicyclic) bond motifs is 1. The monoisotopic (exact) mass is 254 g/mol. The van der Waals surface area contributed by atoms with Crippen LogP contribution in [-0.2, 0) is 19.0 Å². The number of aliphatic hydroxyl groups is 1. The molecule has 0 radical (unpaired) electrons. The van der Waals surface area contributed by atoms with Crippen LogP contribution in [-0.4, -0.2) is 37.7 Å². The topological polar surface area (TPSA) is 65.0 Å². The van der Waals surface area contributed by atoms with Gasteiger partial charge in [-0.15, -0.1) is 0 Å². The van der Waals surface area contributed by atoms with Crippen LogP contribution in [0.3, 0.4) is 0 Å². The van der Waals surface area contributed by atoms with E-state index in [1.165, 1.54) is 13.4 Å². The fourth-order valence-corrected chi connectivity index (χ4v) is 2.61. The van der Waals surface area contributed by atoms with E-state index in [0.29, 0.717) is 18.6 Å². The molecule has 1 N–H and O–H groups in total. The molecule has 2 rings (SSSR count). The van der Waals surface area contributed by atoms with Gasteiger partial charge in [0, 0.05) is 12.5 Å². The van der Waals surface area contributed by atoms with Crippen molar-refractivity contribution in [1.82, 2.24) is 0 Å². The van der Waals surface area contributed by atoms with Gasteiger partial charge in [0.05, 0.1) is 31.5 Å². The summed E-state index contributed by atoms with van der Waals surface area (Å²) in [5, 5.41) is 9.36. The maximum absolute atomic E-state index is 11.7. The van der Waals surface area contributed by atoms with Gasteiger partial charge >= 0.3 is 5.97 Å². The minimum atomic E-state index is -0.436. The third kappa shape index (κ3) is 2.15. The summed E-state index contributed by atoms with van der Waals surface area (Å²) in [6, 6.07) is 0. The first-order valence-corrected chi connectivity index (χ1v) is 6.08. The standard InChI is InChI=1S/C13H18O5/c1-3-17-13-11-8(6-14)4-5-9(11)10(7-18-13)12(15)16-2/h4,7,9,11,13-14H,3,5-6H2,1-2H3/t9-,11-,13+/m1/s1. The average molecular weight is 254 g/mol. The van der Waals surface area contributed by atoms with Gasteiger partial charge in [0.15, 0.2) is 0 Å². The zero-order valence-corrected chi connectivity index (χ0v) is 10.6. The second-order valence-corrected chi connectivity index (χ2v) is 4.33. The Morgan fingerprint density at radius 1 is 1.61 bits per heavy atom. The minimum absolute atomic E-state index is 0.0232. The Balaban J connectivity index is 2.25. The van der Waals surface area contributed by atoms with Crippen molar-refractivity contribution in [3.63, 3.8) is 0 Å². The van der Waals surface area contributed by atoms with Crippen LogP contribution in [0.15, 0.2) is 23.5 Å². The molecule has 18 heavy (non-hydrogen) atoms. The molecule has 5 heteroatoms. The number of hydrogen-bond donors (Lipinski definition) is 1. The smallest absolute Gasteiger partial charge is 0.337 e. The minimum Gasteiger partial charge on any atom is -0.471 e. The fourth-order valence-electron chi connectivity index (χ4n) is 2.61. The highest BCUT2D eigenvalue weighted by Gasteiger charge is 2.44. The quantitative estimate of drug-likeness (QED) is 0.598. The highest BCUT2D eigenvalue weighted by molar-refractivity contribution is 5.89. The van der Waals surface area contributed by atoms with Crippen molar-refractivity contribution in [3.8, 4) is 0 Å². The summed E-state index contributed by atoms with van der Waals surface area (Å²) in [5.41, 5.74) is 1.38. The van der Waals surface area contributed by atoms with Crippen molar-refractivity contribution in [1.29, 1.82) is 0 Å². The van der Waals surface area contributed by atoms with Crippen molar-refractivity contribution in [2.45, 2.75) is 19.6 Å². The summed E-state index contributed by atoms with van der Waals surface area (Å²) in [4.78, 5) is 11.7. The lowest BCUT2D eigenvalue weighted by Crippen LogP contribution is -2.37. The number of ether oxygens (including phenoxy) is 3. The van der Waals surface area contributed by atoms with Crippen LogP contribution < -0.4 is 0 Å². The van der Waals surface area contributed by atoms with Gasteiger partial charge in [-0.05, 0) is 18.9 Å². The first-order chi connectivity index (χ1) is 8.72. The van der Waals surface area contributed by atoms with Crippen LogP contribution in [0.4, 0.5) is 0 Å². The van der Waals surface area contributed by atoms with Gasteiger partial charge in [-0.3, -0.25) is 0 Å². The molecule has 0 unspecified atom stereocenters. The molecule has 100 valence electrons. The Kier molecular flexibility index (Phi) is 4.04.